The summed E-state index contributed by atoms with van der Waals surface area (Å²) in [6, 6.07) is 6.93. The Morgan fingerprint density at radius 3 is 2.55 bits per heavy atom. The van der Waals surface area contributed by atoms with Crippen LogP contribution in [0, 0.1) is 6.92 Å². The van der Waals surface area contributed by atoms with Crippen molar-refractivity contribution in [1.82, 2.24) is 10.2 Å². The molecule has 20 heavy (non-hydrogen) atoms. The molecule has 1 fully saturated rings. The number of carbonyl (C=O) groups is 1. The fraction of sp³-hybridized carbons (Fsp3) is 0.500. The molecule has 0 bridgehead atoms. The van der Waals surface area contributed by atoms with Crippen LogP contribution >= 0.6 is 0 Å². The Bertz CT molecular complexity index is 501. The van der Waals surface area contributed by atoms with Gasteiger partial charge in [0.15, 0.2) is 0 Å². The van der Waals surface area contributed by atoms with E-state index in [-0.39, 0.29) is 12.5 Å². The largest absolute Gasteiger partial charge is 0.390 e. The molecule has 1 amide bonds. The van der Waals surface area contributed by atoms with Gasteiger partial charge in [0, 0.05) is 6.54 Å². The van der Waals surface area contributed by atoms with Crippen LogP contribution in [0.15, 0.2) is 24.3 Å². The highest BCUT2D eigenvalue weighted by Crippen LogP contribution is 2.29. The molecule has 0 radical (unpaired) electrons. The quantitative estimate of drug-likeness (QED) is 0.926. The van der Waals surface area contributed by atoms with Crippen LogP contribution in [-0.4, -0.2) is 29.6 Å². The number of benzene rings is 1. The third kappa shape index (κ3) is 3.12. The van der Waals surface area contributed by atoms with E-state index in [1.807, 2.05) is 31.2 Å². The second-order valence-electron chi connectivity index (χ2n) is 5.04. The summed E-state index contributed by atoms with van der Waals surface area (Å²) >= 11 is 0. The lowest BCUT2D eigenvalue weighted by Crippen LogP contribution is -2.34. The van der Waals surface area contributed by atoms with E-state index in [0.717, 1.165) is 11.1 Å². The van der Waals surface area contributed by atoms with Crippen LogP contribution in [-0.2, 0) is 4.79 Å². The fourth-order valence-electron chi connectivity index (χ4n) is 2.41. The van der Waals surface area contributed by atoms with Crippen LogP contribution in [0.3, 0.4) is 0 Å². The Morgan fingerprint density at radius 2 is 1.95 bits per heavy atom. The van der Waals surface area contributed by atoms with Crippen LogP contribution in [0.1, 0.15) is 30.6 Å². The molecule has 1 N–H and O–H groups in total. The maximum Gasteiger partial charge on any atom is 0.390 e. The first kappa shape index (κ1) is 14.8. The minimum atomic E-state index is -4.26. The number of amides is 1. The van der Waals surface area contributed by atoms with Gasteiger partial charge < -0.3 is 4.90 Å². The molecular weight excluding hydrogens is 269 g/mol. The Balaban J connectivity index is 2.22. The highest BCUT2D eigenvalue weighted by atomic mass is 19.4. The summed E-state index contributed by atoms with van der Waals surface area (Å²) < 4.78 is 37.2. The van der Waals surface area contributed by atoms with Crippen molar-refractivity contribution in [2.75, 3.05) is 6.54 Å². The van der Waals surface area contributed by atoms with Gasteiger partial charge in [-0.3, -0.25) is 10.1 Å². The van der Waals surface area contributed by atoms with E-state index >= 15 is 0 Å². The maximum atomic E-state index is 12.4. The molecule has 1 heterocycles. The number of aryl methyl sites for hydroxylation is 1. The smallest absolute Gasteiger partial charge is 0.321 e. The summed E-state index contributed by atoms with van der Waals surface area (Å²) in [6.45, 7) is 3.23. The summed E-state index contributed by atoms with van der Waals surface area (Å²) in [4.78, 5) is 13.3. The van der Waals surface area contributed by atoms with Crippen molar-refractivity contribution in [2.45, 2.75) is 38.7 Å². The Morgan fingerprint density at radius 1 is 1.30 bits per heavy atom. The second-order valence-corrected chi connectivity index (χ2v) is 5.04. The molecule has 2 rings (SSSR count). The molecule has 0 aliphatic carbocycles. The van der Waals surface area contributed by atoms with E-state index in [0.29, 0.717) is 0 Å². The Kier molecular flexibility index (Phi) is 4.04. The first-order valence-corrected chi connectivity index (χ1v) is 6.48. The van der Waals surface area contributed by atoms with Gasteiger partial charge in [-0.25, -0.2) is 0 Å². The zero-order valence-electron chi connectivity index (χ0n) is 11.4. The van der Waals surface area contributed by atoms with Gasteiger partial charge in [0.2, 0.25) is 5.91 Å². The molecule has 1 aliphatic rings. The van der Waals surface area contributed by atoms with E-state index in [1.165, 1.54) is 4.90 Å². The van der Waals surface area contributed by atoms with E-state index in [2.05, 4.69) is 5.32 Å². The molecule has 1 aliphatic heterocycles. The van der Waals surface area contributed by atoms with Crippen molar-refractivity contribution in [3.8, 4) is 0 Å². The normalized spacial score (nSPS) is 23.4. The Hall–Kier alpha value is -1.56. The van der Waals surface area contributed by atoms with Crippen molar-refractivity contribution in [2.24, 2.45) is 0 Å². The molecule has 110 valence electrons. The molecular formula is C14H17F3N2O. The van der Waals surface area contributed by atoms with E-state index in [1.54, 1.807) is 6.92 Å². The standard InChI is InChI=1S/C14H17F3N2O/c1-9-5-3-4-6-11(9)12-18-10(2)13(20)19(12)8-7-14(15,16)17/h3-6,10,12,18H,7-8H2,1-2H3. The van der Waals surface area contributed by atoms with Gasteiger partial charge in [-0.1, -0.05) is 24.3 Å². The molecule has 6 heteroatoms. The fourth-order valence-corrected chi connectivity index (χ4v) is 2.41. The molecule has 0 saturated carbocycles. The van der Waals surface area contributed by atoms with Crippen LogP contribution in [0.25, 0.3) is 0 Å². The topological polar surface area (TPSA) is 32.3 Å². The third-order valence-electron chi connectivity index (χ3n) is 3.49. The van der Waals surface area contributed by atoms with Crippen molar-refractivity contribution < 1.29 is 18.0 Å². The minimum absolute atomic E-state index is 0.289. The number of carbonyl (C=O) groups excluding carboxylic acids is 1. The highest BCUT2D eigenvalue weighted by molar-refractivity contribution is 5.84. The molecule has 0 spiro atoms. The zero-order chi connectivity index (χ0) is 14.9. The van der Waals surface area contributed by atoms with Gasteiger partial charge in [-0.05, 0) is 25.0 Å². The van der Waals surface area contributed by atoms with Gasteiger partial charge in [-0.2, -0.15) is 13.2 Å². The van der Waals surface area contributed by atoms with Crippen LogP contribution < -0.4 is 5.32 Å². The van der Waals surface area contributed by atoms with Crippen molar-refractivity contribution in [3.05, 3.63) is 35.4 Å². The van der Waals surface area contributed by atoms with Crippen LogP contribution in [0.4, 0.5) is 13.2 Å². The summed E-state index contributed by atoms with van der Waals surface area (Å²) in [5.74, 6) is -0.289. The number of hydrogen-bond acceptors (Lipinski definition) is 2. The molecule has 2 unspecified atom stereocenters. The zero-order valence-corrected chi connectivity index (χ0v) is 11.4. The van der Waals surface area contributed by atoms with Crippen molar-refractivity contribution in [1.29, 1.82) is 0 Å². The minimum Gasteiger partial charge on any atom is -0.321 e. The maximum absolute atomic E-state index is 12.4. The lowest BCUT2D eigenvalue weighted by molar-refractivity contribution is -0.145. The summed E-state index contributed by atoms with van der Waals surface area (Å²) in [7, 11) is 0. The molecule has 1 saturated heterocycles. The van der Waals surface area contributed by atoms with Crippen LogP contribution in [0.2, 0.25) is 0 Å². The first-order chi connectivity index (χ1) is 9.29. The van der Waals surface area contributed by atoms with E-state index in [4.69, 9.17) is 0 Å². The highest BCUT2D eigenvalue weighted by Gasteiger charge is 2.39. The average Bonchev–Trinajstić information content (AvgIpc) is 2.63. The van der Waals surface area contributed by atoms with Crippen molar-refractivity contribution >= 4 is 5.91 Å². The van der Waals surface area contributed by atoms with Gasteiger partial charge >= 0.3 is 6.18 Å². The SMILES string of the molecule is Cc1ccccc1C1NC(C)C(=O)N1CCC(F)(F)F. The monoisotopic (exact) mass is 286 g/mol. The van der Waals surface area contributed by atoms with Crippen molar-refractivity contribution in [3.63, 3.8) is 0 Å². The predicted octanol–water partition coefficient (Wildman–Crippen LogP) is 2.77. The average molecular weight is 286 g/mol. The second kappa shape index (κ2) is 5.44. The molecule has 3 nitrogen and oxygen atoms in total. The number of hydrogen-bond donors (Lipinski definition) is 1. The van der Waals surface area contributed by atoms with Gasteiger partial charge in [0.25, 0.3) is 0 Å². The van der Waals surface area contributed by atoms with E-state index < -0.39 is 24.8 Å². The molecule has 1 aromatic rings. The summed E-state index contributed by atoms with van der Waals surface area (Å²) in [6.07, 6.45) is -5.74. The molecule has 2 atom stereocenters. The third-order valence-corrected chi connectivity index (χ3v) is 3.49. The number of nitrogens with zero attached hydrogens (tertiary/aromatic N) is 1. The number of nitrogens with one attached hydrogen (secondary N) is 1. The first-order valence-electron chi connectivity index (χ1n) is 6.48. The van der Waals surface area contributed by atoms with Gasteiger partial charge in [-0.15, -0.1) is 0 Å². The van der Waals surface area contributed by atoms with E-state index in [9.17, 15) is 18.0 Å². The Labute approximate surface area is 115 Å². The summed E-state index contributed by atoms with van der Waals surface area (Å²) in [5.41, 5.74) is 1.79. The van der Waals surface area contributed by atoms with Gasteiger partial charge in [0.1, 0.15) is 6.17 Å². The van der Waals surface area contributed by atoms with Gasteiger partial charge in [0.05, 0.1) is 12.5 Å². The predicted molar refractivity (Wildman–Crippen MR) is 68.9 cm³/mol. The molecule has 1 aromatic carbocycles. The summed E-state index contributed by atoms with van der Waals surface area (Å²) in [5, 5.41) is 3.06. The lowest BCUT2D eigenvalue weighted by atomic mass is 10.1. The number of halogens is 3. The lowest BCUT2D eigenvalue weighted by Gasteiger charge is -2.26. The molecule has 0 aromatic heterocycles. The number of alkyl halides is 3. The van der Waals surface area contributed by atoms with Crippen LogP contribution in [0.5, 0.6) is 0 Å². The number of rotatable bonds is 3.